The Morgan fingerprint density at radius 1 is 1.06 bits per heavy atom. The number of methoxy groups -OCH3 is 1. The molecule has 0 bridgehead atoms. The van der Waals surface area contributed by atoms with Crippen molar-refractivity contribution >= 4 is 27.7 Å². The fourth-order valence-corrected chi connectivity index (χ4v) is 3.90. The van der Waals surface area contributed by atoms with Crippen LogP contribution in [-0.4, -0.2) is 41.1 Å². The van der Waals surface area contributed by atoms with Crippen molar-refractivity contribution in [1.29, 1.82) is 0 Å². The number of amides is 1. The summed E-state index contributed by atoms with van der Waals surface area (Å²) in [4.78, 5) is 23.2. The second-order valence-electron chi connectivity index (χ2n) is 8.20. The van der Waals surface area contributed by atoms with E-state index in [9.17, 15) is 4.79 Å². The maximum Gasteiger partial charge on any atom is 0.230 e. The van der Waals surface area contributed by atoms with Gasteiger partial charge in [-0.05, 0) is 57.4 Å². The van der Waals surface area contributed by atoms with Crippen LogP contribution in [0.5, 0.6) is 23.1 Å². The van der Waals surface area contributed by atoms with Crippen molar-refractivity contribution in [1.82, 2.24) is 20.3 Å². The van der Waals surface area contributed by atoms with Gasteiger partial charge >= 0.3 is 0 Å². The van der Waals surface area contributed by atoms with Gasteiger partial charge in [-0.15, -0.1) is 0 Å². The Kier molecular flexibility index (Phi) is 7.64. The lowest BCUT2D eigenvalue weighted by molar-refractivity contribution is -0.121. The highest BCUT2D eigenvalue weighted by Crippen LogP contribution is 2.37. The molecule has 0 fully saturated rings. The van der Waals surface area contributed by atoms with E-state index in [1.807, 2.05) is 13.8 Å². The molecule has 9 heteroatoms. The molecule has 8 nitrogen and oxygen atoms in total. The average Bonchev–Trinajstić information content (AvgIpc) is 3.24. The number of H-pyrrole nitrogens is 1. The largest absolute Gasteiger partial charge is 0.493 e. The van der Waals surface area contributed by atoms with Gasteiger partial charge < -0.3 is 24.5 Å². The second kappa shape index (κ2) is 11.0. The molecular weight excluding hydrogens is 451 g/mol. The van der Waals surface area contributed by atoms with Gasteiger partial charge in [0.25, 0.3) is 0 Å². The summed E-state index contributed by atoms with van der Waals surface area (Å²) in [6.45, 7) is 4.91. The highest BCUT2D eigenvalue weighted by atomic mass is 19.1. The van der Waals surface area contributed by atoms with Crippen LogP contribution >= 0.6 is 0 Å². The molecule has 2 N–H and O–H groups in total. The standard InChI is InChI=1S/C26H29FN4O4/c1-4-28-24(32)8-6-5-7-11-34-23-14-20-18(13-22(23)33-3)26(30-15-29-20)35-21-10-9-19-17(25(21)27)12-16(2)31-19/h9-10,12-15,31H,4-8,11H2,1-3H3,(H,28,32). The van der Waals surface area contributed by atoms with Crippen LogP contribution in [0.15, 0.2) is 36.7 Å². The van der Waals surface area contributed by atoms with E-state index in [1.54, 1.807) is 37.4 Å². The molecule has 0 radical (unpaired) electrons. The molecule has 2 heterocycles. The van der Waals surface area contributed by atoms with Crippen molar-refractivity contribution in [2.75, 3.05) is 20.3 Å². The lowest BCUT2D eigenvalue weighted by Gasteiger charge is -2.13. The fraction of sp³-hybridized carbons (Fsp3) is 0.346. The first-order valence-corrected chi connectivity index (χ1v) is 11.7. The molecule has 0 aliphatic heterocycles. The van der Waals surface area contributed by atoms with Crippen molar-refractivity contribution in [2.45, 2.75) is 39.5 Å². The maximum absolute atomic E-state index is 15.0. The minimum atomic E-state index is -0.460. The Balaban J connectivity index is 1.48. The zero-order chi connectivity index (χ0) is 24.8. The lowest BCUT2D eigenvalue weighted by Crippen LogP contribution is -2.22. The van der Waals surface area contributed by atoms with E-state index in [0.717, 1.165) is 25.0 Å². The number of aromatic nitrogens is 3. The van der Waals surface area contributed by atoms with Gasteiger partial charge in [-0.2, -0.15) is 0 Å². The normalized spacial score (nSPS) is 11.1. The predicted octanol–water partition coefficient (Wildman–Crippen LogP) is 5.43. The van der Waals surface area contributed by atoms with Crippen LogP contribution in [0.2, 0.25) is 0 Å². The van der Waals surface area contributed by atoms with Crippen LogP contribution in [-0.2, 0) is 4.79 Å². The zero-order valence-electron chi connectivity index (χ0n) is 20.1. The van der Waals surface area contributed by atoms with Crippen LogP contribution in [0.4, 0.5) is 4.39 Å². The number of unbranched alkanes of at least 4 members (excludes halogenated alkanes) is 2. The highest BCUT2D eigenvalue weighted by molar-refractivity contribution is 5.87. The smallest absolute Gasteiger partial charge is 0.230 e. The SMILES string of the molecule is CCNC(=O)CCCCCOc1cc2ncnc(Oc3ccc4[nH]c(C)cc4c3F)c2cc1OC. The number of nitrogens with zero attached hydrogens (tertiary/aromatic N) is 2. The summed E-state index contributed by atoms with van der Waals surface area (Å²) >= 11 is 0. The topological polar surface area (TPSA) is 98.4 Å². The number of benzene rings is 2. The molecule has 4 aromatic rings. The summed E-state index contributed by atoms with van der Waals surface area (Å²) in [5.41, 5.74) is 2.15. The Hall–Kier alpha value is -3.88. The summed E-state index contributed by atoms with van der Waals surface area (Å²) in [6, 6.07) is 8.57. The first kappa shape index (κ1) is 24.3. The second-order valence-corrected chi connectivity index (χ2v) is 8.20. The molecular formula is C26H29FN4O4. The number of aromatic amines is 1. The molecule has 4 rings (SSSR count). The summed E-state index contributed by atoms with van der Waals surface area (Å²) in [5.74, 6) is 0.947. The van der Waals surface area contributed by atoms with Gasteiger partial charge in [0.15, 0.2) is 23.1 Å². The number of rotatable bonds is 11. The van der Waals surface area contributed by atoms with Crippen molar-refractivity contribution in [2.24, 2.45) is 0 Å². The molecule has 1 amide bonds. The minimum Gasteiger partial charge on any atom is -0.493 e. The third kappa shape index (κ3) is 5.62. The molecule has 0 aliphatic rings. The summed E-state index contributed by atoms with van der Waals surface area (Å²) in [5, 5.41) is 3.82. The van der Waals surface area contributed by atoms with Crippen molar-refractivity contribution < 1.29 is 23.4 Å². The monoisotopic (exact) mass is 480 g/mol. The number of aryl methyl sites for hydroxylation is 1. The molecule has 0 saturated carbocycles. The van der Waals surface area contributed by atoms with Gasteiger partial charge in [-0.3, -0.25) is 4.79 Å². The van der Waals surface area contributed by atoms with E-state index in [2.05, 4.69) is 20.3 Å². The molecule has 35 heavy (non-hydrogen) atoms. The Labute approximate surface area is 202 Å². The number of ether oxygens (including phenoxy) is 3. The number of hydrogen-bond donors (Lipinski definition) is 2. The van der Waals surface area contributed by atoms with E-state index in [0.29, 0.717) is 52.9 Å². The lowest BCUT2D eigenvalue weighted by atomic mass is 10.2. The highest BCUT2D eigenvalue weighted by Gasteiger charge is 2.16. The first-order valence-electron chi connectivity index (χ1n) is 11.7. The zero-order valence-corrected chi connectivity index (χ0v) is 20.1. The molecule has 0 aliphatic carbocycles. The van der Waals surface area contributed by atoms with Gasteiger partial charge in [0.1, 0.15) is 6.33 Å². The number of carbonyl (C=O) groups excluding carboxylic acids is 1. The number of hydrogen-bond acceptors (Lipinski definition) is 6. The van der Waals surface area contributed by atoms with Gasteiger partial charge in [0.05, 0.1) is 24.6 Å². The van der Waals surface area contributed by atoms with Crippen molar-refractivity contribution in [3.63, 3.8) is 0 Å². The first-order chi connectivity index (χ1) is 17.0. The van der Waals surface area contributed by atoms with Crippen LogP contribution < -0.4 is 19.5 Å². The van der Waals surface area contributed by atoms with Crippen LogP contribution in [0, 0.1) is 12.7 Å². The van der Waals surface area contributed by atoms with E-state index in [4.69, 9.17) is 14.2 Å². The van der Waals surface area contributed by atoms with E-state index in [-0.39, 0.29) is 17.5 Å². The van der Waals surface area contributed by atoms with Gasteiger partial charge in [0, 0.05) is 35.6 Å². The van der Waals surface area contributed by atoms with E-state index >= 15 is 4.39 Å². The van der Waals surface area contributed by atoms with Crippen molar-refractivity contribution in [3.05, 3.63) is 48.2 Å². The van der Waals surface area contributed by atoms with E-state index in [1.165, 1.54) is 6.33 Å². The minimum absolute atomic E-state index is 0.0726. The molecule has 184 valence electrons. The number of carbonyl (C=O) groups is 1. The number of fused-ring (bicyclic) bond motifs is 2. The Morgan fingerprint density at radius 2 is 1.91 bits per heavy atom. The molecule has 0 atom stereocenters. The summed E-state index contributed by atoms with van der Waals surface area (Å²) in [6.07, 6.45) is 4.38. The molecule has 2 aromatic heterocycles. The third-order valence-electron chi connectivity index (χ3n) is 5.61. The predicted molar refractivity (Wildman–Crippen MR) is 132 cm³/mol. The maximum atomic E-state index is 15.0. The fourth-order valence-electron chi connectivity index (χ4n) is 3.90. The average molecular weight is 481 g/mol. The van der Waals surface area contributed by atoms with Gasteiger partial charge in [0.2, 0.25) is 11.8 Å². The molecule has 0 unspecified atom stereocenters. The molecule has 0 saturated heterocycles. The van der Waals surface area contributed by atoms with Gasteiger partial charge in [-0.25, -0.2) is 14.4 Å². The van der Waals surface area contributed by atoms with Gasteiger partial charge in [-0.1, -0.05) is 0 Å². The Morgan fingerprint density at radius 3 is 2.71 bits per heavy atom. The number of halogens is 1. The molecule has 0 spiro atoms. The summed E-state index contributed by atoms with van der Waals surface area (Å²) in [7, 11) is 1.55. The van der Waals surface area contributed by atoms with Crippen LogP contribution in [0.25, 0.3) is 21.8 Å². The van der Waals surface area contributed by atoms with Crippen LogP contribution in [0.3, 0.4) is 0 Å². The van der Waals surface area contributed by atoms with E-state index < -0.39 is 5.82 Å². The van der Waals surface area contributed by atoms with Crippen LogP contribution in [0.1, 0.15) is 38.3 Å². The molecule has 2 aromatic carbocycles. The third-order valence-corrected chi connectivity index (χ3v) is 5.61. The van der Waals surface area contributed by atoms with Crippen molar-refractivity contribution in [3.8, 4) is 23.1 Å². The quantitative estimate of drug-likeness (QED) is 0.278. The summed E-state index contributed by atoms with van der Waals surface area (Å²) < 4.78 is 32.3. The number of nitrogens with one attached hydrogen (secondary N) is 2. The Bertz CT molecular complexity index is 1340.